The maximum Gasteiger partial charge on any atom is 0.119 e. The molecule has 2 heteroatoms. The maximum absolute atomic E-state index is 6.07. The van der Waals surface area contributed by atoms with Crippen LogP contribution in [0.2, 0.25) is 0 Å². The zero-order valence-corrected chi connectivity index (χ0v) is 10.5. The Labute approximate surface area is 112 Å². The number of para-hydroxylation sites is 1. The first-order chi connectivity index (χ1) is 9.34. The topological polar surface area (TPSA) is 35.2 Å². The van der Waals surface area contributed by atoms with Crippen LogP contribution in [0.3, 0.4) is 0 Å². The largest absolute Gasteiger partial charge is 0.489 e. The van der Waals surface area contributed by atoms with E-state index in [1.165, 1.54) is 0 Å². The van der Waals surface area contributed by atoms with Gasteiger partial charge in [-0.15, -0.1) is 0 Å². The van der Waals surface area contributed by atoms with Crippen molar-refractivity contribution in [1.29, 1.82) is 0 Å². The number of rotatable bonds is 3. The van der Waals surface area contributed by atoms with E-state index in [0.29, 0.717) is 6.61 Å². The molecule has 3 aromatic rings. The Balaban J connectivity index is 1.93. The zero-order valence-electron chi connectivity index (χ0n) is 10.5. The molecule has 0 aliphatic rings. The fourth-order valence-electron chi connectivity index (χ4n) is 2.25. The molecule has 2 N–H and O–H groups in total. The number of hydrogen-bond acceptors (Lipinski definition) is 2. The number of nitrogens with two attached hydrogens (primary N) is 1. The number of hydrogen-bond donors (Lipinski definition) is 1. The monoisotopic (exact) mass is 249 g/mol. The van der Waals surface area contributed by atoms with E-state index in [0.717, 1.165) is 27.8 Å². The highest BCUT2D eigenvalue weighted by Gasteiger charge is 2.04. The molecule has 2 nitrogen and oxygen atoms in total. The summed E-state index contributed by atoms with van der Waals surface area (Å²) < 4.78 is 5.80. The second kappa shape index (κ2) is 5.02. The minimum atomic E-state index is 0.523. The van der Waals surface area contributed by atoms with Crippen molar-refractivity contribution in [1.82, 2.24) is 0 Å². The van der Waals surface area contributed by atoms with Crippen molar-refractivity contribution in [3.8, 4) is 5.75 Å². The van der Waals surface area contributed by atoms with Crippen molar-refractivity contribution in [2.45, 2.75) is 6.61 Å². The molecule has 0 aliphatic carbocycles. The lowest BCUT2D eigenvalue weighted by Gasteiger charge is -2.10. The molecule has 0 amide bonds. The molecule has 0 spiro atoms. The molecule has 0 fully saturated rings. The number of fused-ring (bicyclic) bond motifs is 1. The van der Waals surface area contributed by atoms with Crippen molar-refractivity contribution in [2.75, 3.05) is 5.73 Å². The van der Waals surface area contributed by atoms with E-state index in [1.54, 1.807) is 0 Å². The van der Waals surface area contributed by atoms with Crippen molar-refractivity contribution in [3.05, 3.63) is 72.3 Å². The number of ether oxygens (including phenoxy) is 1. The van der Waals surface area contributed by atoms with Gasteiger partial charge < -0.3 is 10.5 Å². The van der Waals surface area contributed by atoms with E-state index < -0.39 is 0 Å². The van der Waals surface area contributed by atoms with E-state index in [1.807, 2.05) is 48.5 Å². The fraction of sp³-hybridized carbons (Fsp3) is 0.0588. The highest BCUT2D eigenvalue weighted by molar-refractivity contribution is 5.95. The first-order valence-electron chi connectivity index (χ1n) is 6.28. The first kappa shape index (κ1) is 11.6. The normalized spacial score (nSPS) is 10.5. The van der Waals surface area contributed by atoms with Crippen LogP contribution in [0.1, 0.15) is 5.56 Å². The van der Waals surface area contributed by atoms with E-state index in [9.17, 15) is 0 Å². The van der Waals surface area contributed by atoms with Gasteiger partial charge in [0, 0.05) is 11.1 Å². The quantitative estimate of drug-likeness (QED) is 0.712. The highest BCUT2D eigenvalue weighted by Crippen LogP contribution is 2.25. The Bertz CT molecular complexity index is 687. The van der Waals surface area contributed by atoms with Crippen LogP contribution in [-0.2, 0) is 6.61 Å². The highest BCUT2D eigenvalue weighted by atomic mass is 16.5. The predicted octanol–water partition coefficient (Wildman–Crippen LogP) is 4.00. The van der Waals surface area contributed by atoms with Crippen molar-refractivity contribution < 1.29 is 4.74 Å². The van der Waals surface area contributed by atoms with Gasteiger partial charge in [0.15, 0.2) is 0 Å². The molecular weight excluding hydrogens is 234 g/mol. The van der Waals surface area contributed by atoms with Gasteiger partial charge in [0.05, 0.1) is 0 Å². The van der Waals surface area contributed by atoms with Gasteiger partial charge in [-0.2, -0.15) is 0 Å². The molecule has 0 radical (unpaired) electrons. The van der Waals surface area contributed by atoms with Gasteiger partial charge in [-0.25, -0.2) is 0 Å². The molecule has 94 valence electrons. The first-order valence-corrected chi connectivity index (χ1v) is 6.28. The van der Waals surface area contributed by atoms with Crippen molar-refractivity contribution >= 4 is 16.5 Å². The van der Waals surface area contributed by atoms with Crippen LogP contribution in [-0.4, -0.2) is 0 Å². The standard InChI is InChI=1S/C17H15NO/c18-16-11-5-7-13-6-4-8-14(17(13)16)12-19-15-9-2-1-3-10-15/h1-11H,12,18H2. The smallest absolute Gasteiger partial charge is 0.119 e. The summed E-state index contributed by atoms with van der Waals surface area (Å²) in [6.07, 6.45) is 0. The Morgan fingerprint density at radius 1 is 0.789 bits per heavy atom. The lowest BCUT2D eigenvalue weighted by molar-refractivity contribution is 0.308. The summed E-state index contributed by atoms with van der Waals surface area (Å²) in [6, 6.07) is 21.9. The Morgan fingerprint density at radius 2 is 1.53 bits per heavy atom. The number of benzene rings is 3. The maximum atomic E-state index is 6.07. The second-order valence-corrected chi connectivity index (χ2v) is 4.46. The van der Waals surface area contributed by atoms with Gasteiger partial charge in [-0.1, -0.05) is 48.5 Å². The second-order valence-electron chi connectivity index (χ2n) is 4.46. The van der Waals surface area contributed by atoms with Crippen molar-refractivity contribution in [3.63, 3.8) is 0 Å². The summed E-state index contributed by atoms with van der Waals surface area (Å²) >= 11 is 0. The third kappa shape index (κ3) is 2.38. The minimum Gasteiger partial charge on any atom is -0.489 e. The molecule has 19 heavy (non-hydrogen) atoms. The molecule has 0 saturated carbocycles. The molecule has 3 rings (SSSR count). The van der Waals surface area contributed by atoms with Gasteiger partial charge in [-0.3, -0.25) is 0 Å². The molecule has 0 aliphatic heterocycles. The summed E-state index contributed by atoms with van der Waals surface area (Å²) in [5.41, 5.74) is 7.98. The van der Waals surface area contributed by atoms with Crippen LogP contribution >= 0.6 is 0 Å². The van der Waals surface area contributed by atoms with Gasteiger partial charge in [0.2, 0.25) is 0 Å². The Morgan fingerprint density at radius 3 is 2.32 bits per heavy atom. The predicted molar refractivity (Wildman–Crippen MR) is 79.1 cm³/mol. The molecule has 0 saturated heterocycles. The molecule has 0 atom stereocenters. The average Bonchev–Trinajstić information content (AvgIpc) is 2.46. The lowest BCUT2D eigenvalue weighted by atomic mass is 10.0. The lowest BCUT2D eigenvalue weighted by Crippen LogP contribution is -1.98. The van der Waals surface area contributed by atoms with E-state index in [2.05, 4.69) is 18.2 Å². The summed E-state index contributed by atoms with van der Waals surface area (Å²) in [7, 11) is 0. The van der Waals surface area contributed by atoms with Gasteiger partial charge in [-0.05, 0) is 29.1 Å². The van der Waals surface area contributed by atoms with E-state index >= 15 is 0 Å². The zero-order chi connectivity index (χ0) is 13.1. The molecule has 0 heterocycles. The van der Waals surface area contributed by atoms with E-state index in [-0.39, 0.29) is 0 Å². The molecule has 3 aromatic carbocycles. The summed E-state index contributed by atoms with van der Waals surface area (Å²) in [6.45, 7) is 0.523. The van der Waals surface area contributed by atoms with Crippen LogP contribution in [0.4, 0.5) is 5.69 Å². The summed E-state index contributed by atoms with van der Waals surface area (Å²) in [4.78, 5) is 0. The Hall–Kier alpha value is -2.48. The summed E-state index contributed by atoms with van der Waals surface area (Å²) in [5, 5.41) is 2.23. The van der Waals surface area contributed by atoms with E-state index in [4.69, 9.17) is 10.5 Å². The van der Waals surface area contributed by atoms with Crippen LogP contribution in [0.15, 0.2) is 66.7 Å². The van der Waals surface area contributed by atoms with Gasteiger partial charge >= 0.3 is 0 Å². The molecule has 0 aromatic heterocycles. The third-order valence-corrected chi connectivity index (χ3v) is 3.16. The number of nitrogen functional groups attached to an aromatic ring is 1. The van der Waals surface area contributed by atoms with Crippen LogP contribution in [0.5, 0.6) is 5.75 Å². The van der Waals surface area contributed by atoms with Gasteiger partial charge in [0.25, 0.3) is 0 Å². The average molecular weight is 249 g/mol. The minimum absolute atomic E-state index is 0.523. The molecule has 0 bridgehead atoms. The van der Waals surface area contributed by atoms with Crippen molar-refractivity contribution in [2.24, 2.45) is 0 Å². The van der Waals surface area contributed by atoms with Gasteiger partial charge in [0.1, 0.15) is 12.4 Å². The SMILES string of the molecule is Nc1cccc2cccc(COc3ccccc3)c12. The third-order valence-electron chi connectivity index (χ3n) is 3.16. The van der Waals surface area contributed by atoms with Crippen LogP contribution in [0, 0.1) is 0 Å². The molecular formula is C17H15NO. The van der Waals surface area contributed by atoms with Crippen LogP contribution in [0.25, 0.3) is 10.8 Å². The fourth-order valence-corrected chi connectivity index (χ4v) is 2.25. The number of anilines is 1. The molecule has 0 unspecified atom stereocenters. The Kier molecular flexibility index (Phi) is 3.07. The summed E-state index contributed by atoms with van der Waals surface area (Å²) in [5.74, 6) is 0.869. The van der Waals surface area contributed by atoms with Crippen LogP contribution < -0.4 is 10.5 Å².